The second-order valence-corrected chi connectivity index (χ2v) is 4.68. The number of benzene rings is 1. The predicted molar refractivity (Wildman–Crippen MR) is 66.3 cm³/mol. The molecule has 2 rings (SSSR count). The first-order chi connectivity index (χ1) is 9.36. The molecule has 0 bridgehead atoms. The number of carbonyl (C=O) groups is 1. The number of hydrogen-bond donors (Lipinski definition) is 1. The molecular weight excluding hydrogens is 273 g/mol. The van der Waals surface area contributed by atoms with E-state index in [0.717, 1.165) is 31.1 Å². The third kappa shape index (κ3) is 4.01. The number of rotatable bonds is 5. The smallest absolute Gasteiger partial charge is 0.419 e. The number of halogens is 3. The van der Waals surface area contributed by atoms with Crippen LogP contribution in [0.5, 0.6) is 5.75 Å². The number of alkyl halides is 3. The molecule has 1 fully saturated rings. The van der Waals surface area contributed by atoms with Gasteiger partial charge in [0.05, 0.1) is 12.2 Å². The van der Waals surface area contributed by atoms with Gasteiger partial charge in [-0.1, -0.05) is 6.07 Å². The first-order valence-corrected chi connectivity index (χ1v) is 6.11. The molecule has 0 heterocycles. The lowest BCUT2D eigenvalue weighted by atomic mass is 10.1. The maximum atomic E-state index is 12.9. The Morgan fingerprint density at radius 1 is 1.40 bits per heavy atom. The van der Waals surface area contributed by atoms with E-state index in [1.54, 1.807) is 0 Å². The molecule has 3 nitrogen and oxygen atoms in total. The van der Waals surface area contributed by atoms with Gasteiger partial charge in [-0.25, -0.2) is 4.79 Å². The van der Waals surface area contributed by atoms with Crippen LogP contribution in [0.4, 0.5) is 13.2 Å². The van der Waals surface area contributed by atoms with Crippen molar-refractivity contribution >= 4 is 12.0 Å². The highest BCUT2D eigenvalue weighted by atomic mass is 19.4. The average Bonchev–Trinajstić information content (AvgIpc) is 3.17. The van der Waals surface area contributed by atoms with Crippen molar-refractivity contribution in [3.63, 3.8) is 0 Å². The lowest BCUT2D eigenvalue weighted by Crippen LogP contribution is -2.10. The Labute approximate surface area is 113 Å². The van der Waals surface area contributed by atoms with Crippen LogP contribution in [0.3, 0.4) is 0 Å². The van der Waals surface area contributed by atoms with Gasteiger partial charge in [-0.15, -0.1) is 0 Å². The predicted octanol–water partition coefficient (Wildman–Crippen LogP) is 3.59. The summed E-state index contributed by atoms with van der Waals surface area (Å²) >= 11 is 0. The van der Waals surface area contributed by atoms with E-state index in [4.69, 9.17) is 9.84 Å². The minimum atomic E-state index is -4.54. The summed E-state index contributed by atoms with van der Waals surface area (Å²) in [6.07, 6.45) is -0.657. The van der Waals surface area contributed by atoms with Gasteiger partial charge in [0, 0.05) is 6.08 Å². The number of aliphatic carboxylic acids is 1. The Hall–Kier alpha value is -1.98. The average molecular weight is 286 g/mol. The van der Waals surface area contributed by atoms with Crippen molar-refractivity contribution in [1.29, 1.82) is 0 Å². The summed E-state index contributed by atoms with van der Waals surface area (Å²) in [7, 11) is 0. The molecule has 0 spiro atoms. The molecule has 1 aromatic carbocycles. The molecule has 0 unspecified atom stereocenters. The van der Waals surface area contributed by atoms with Crippen LogP contribution in [0.25, 0.3) is 6.08 Å². The summed E-state index contributed by atoms with van der Waals surface area (Å²) in [6.45, 7) is 0.285. The van der Waals surface area contributed by atoms with E-state index in [1.807, 2.05) is 0 Å². The summed E-state index contributed by atoms with van der Waals surface area (Å²) < 4.78 is 44.0. The summed E-state index contributed by atoms with van der Waals surface area (Å²) in [6, 6.07) is 3.52. The van der Waals surface area contributed by atoms with Crippen LogP contribution < -0.4 is 4.74 Å². The number of hydrogen-bond acceptors (Lipinski definition) is 2. The normalized spacial score (nSPS) is 15.6. The Morgan fingerprint density at radius 2 is 2.10 bits per heavy atom. The van der Waals surface area contributed by atoms with E-state index in [9.17, 15) is 18.0 Å². The molecule has 108 valence electrons. The number of carboxylic acid groups (broad SMARTS) is 1. The van der Waals surface area contributed by atoms with Crippen LogP contribution in [0, 0.1) is 5.92 Å². The van der Waals surface area contributed by atoms with Gasteiger partial charge >= 0.3 is 12.1 Å². The Kier molecular flexibility index (Phi) is 4.01. The van der Waals surface area contributed by atoms with Crippen molar-refractivity contribution in [3.05, 3.63) is 35.4 Å². The monoisotopic (exact) mass is 286 g/mol. The van der Waals surface area contributed by atoms with Gasteiger partial charge in [0.1, 0.15) is 5.75 Å². The summed E-state index contributed by atoms with van der Waals surface area (Å²) in [5.41, 5.74) is -0.718. The van der Waals surface area contributed by atoms with Crippen LogP contribution in [0.2, 0.25) is 0 Å². The zero-order chi connectivity index (χ0) is 14.8. The van der Waals surface area contributed by atoms with E-state index in [-0.39, 0.29) is 17.9 Å². The maximum Gasteiger partial charge on any atom is 0.419 e. The van der Waals surface area contributed by atoms with E-state index in [2.05, 4.69) is 0 Å². The van der Waals surface area contributed by atoms with Gasteiger partial charge in [-0.3, -0.25) is 0 Å². The Bertz CT molecular complexity index is 531. The van der Waals surface area contributed by atoms with E-state index < -0.39 is 17.7 Å². The molecule has 0 atom stereocenters. The lowest BCUT2D eigenvalue weighted by Gasteiger charge is -2.14. The minimum absolute atomic E-state index is 0.165. The number of ether oxygens (including phenoxy) is 1. The van der Waals surface area contributed by atoms with Gasteiger partial charge in [0.2, 0.25) is 0 Å². The molecule has 20 heavy (non-hydrogen) atoms. The fraction of sp³-hybridized carbons (Fsp3) is 0.357. The second kappa shape index (κ2) is 5.56. The molecule has 1 aromatic rings. The maximum absolute atomic E-state index is 12.9. The molecule has 1 saturated carbocycles. The van der Waals surface area contributed by atoms with Gasteiger partial charge in [-0.05, 0) is 42.5 Å². The van der Waals surface area contributed by atoms with E-state index >= 15 is 0 Å². The van der Waals surface area contributed by atoms with Crippen molar-refractivity contribution < 1.29 is 27.8 Å². The number of carboxylic acids is 1. The van der Waals surface area contributed by atoms with Gasteiger partial charge in [0.15, 0.2) is 0 Å². The van der Waals surface area contributed by atoms with E-state index in [1.165, 1.54) is 12.1 Å². The fourth-order valence-corrected chi connectivity index (χ4v) is 1.66. The lowest BCUT2D eigenvalue weighted by molar-refractivity contribution is -0.139. The van der Waals surface area contributed by atoms with Gasteiger partial charge in [0.25, 0.3) is 0 Å². The summed E-state index contributed by atoms with van der Waals surface area (Å²) in [4.78, 5) is 10.4. The Balaban J connectivity index is 2.24. The molecule has 0 aromatic heterocycles. The zero-order valence-electron chi connectivity index (χ0n) is 10.5. The van der Waals surface area contributed by atoms with Crippen molar-refractivity contribution in [2.45, 2.75) is 19.0 Å². The standard InChI is InChI=1S/C14H13F3O3/c15-14(16,17)11-7-9(4-6-13(18)19)3-5-12(11)20-8-10-1-2-10/h3-7,10H,1-2,8H2,(H,18,19)/b6-4+. The highest BCUT2D eigenvalue weighted by molar-refractivity contribution is 5.85. The van der Waals surface area contributed by atoms with Crippen LogP contribution in [-0.2, 0) is 11.0 Å². The zero-order valence-corrected chi connectivity index (χ0v) is 10.5. The highest BCUT2D eigenvalue weighted by Crippen LogP contribution is 2.38. The molecular formula is C14H13F3O3. The fourth-order valence-electron chi connectivity index (χ4n) is 1.66. The first-order valence-electron chi connectivity index (χ1n) is 6.11. The van der Waals surface area contributed by atoms with Crippen LogP contribution in [0.1, 0.15) is 24.0 Å². The van der Waals surface area contributed by atoms with Crippen molar-refractivity contribution in [2.24, 2.45) is 5.92 Å². The molecule has 1 N–H and O–H groups in total. The van der Waals surface area contributed by atoms with Crippen molar-refractivity contribution in [1.82, 2.24) is 0 Å². The third-order valence-electron chi connectivity index (χ3n) is 2.90. The van der Waals surface area contributed by atoms with Crippen molar-refractivity contribution in [3.8, 4) is 5.75 Å². The second-order valence-electron chi connectivity index (χ2n) is 4.68. The quantitative estimate of drug-likeness (QED) is 0.841. The van der Waals surface area contributed by atoms with Gasteiger partial charge in [-0.2, -0.15) is 13.2 Å². The largest absolute Gasteiger partial charge is 0.493 e. The minimum Gasteiger partial charge on any atom is -0.493 e. The third-order valence-corrected chi connectivity index (χ3v) is 2.90. The molecule has 0 radical (unpaired) electrons. The SMILES string of the molecule is O=C(O)/C=C/c1ccc(OCC2CC2)c(C(F)(F)F)c1. The molecule has 1 aliphatic rings. The highest BCUT2D eigenvalue weighted by Gasteiger charge is 2.35. The van der Waals surface area contributed by atoms with Crippen LogP contribution in [0.15, 0.2) is 24.3 Å². The summed E-state index contributed by atoms with van der Waals surface area (Å²) in [5.74, 6) is -1.08. The Morgan fingerprint density at radius 3 is 2.65 bits per heavy atom. The van der Waals surface area contributed by atoms with Crippen LogP contribution in [-0.4, -0.2) is 17.7 Å². The topological polar surface area (TPSA) is 46.5 Å². The van der Waals surface area contributed by atoms with Crippen LogP contribution >= 0.6 is 0 Å². The molecule has 0 amide bonds. The van der Waals surface area contributed by atoms with Gasteiger partial charge < -0.3 is 9.84 Å². The van der Waals surface area contributed by atoms with E-state index in [0.29, 0.717) is 5.92 Å². The molecule has 1 aliphatic carbocycles. The molecule has 6 heteroatoms. The summed E-state index contributed by atoms with van der Waals surface area (Å²) in [5, 5.41) is 8.48. The molecule has 0 saturated heterocycles. The molecule has 0 aliphatic heterocycles. The first kappa shape index (κ1) is 14.4. The van der Waals surface area contributed by atoms with Crippen molar-refractivity contribution in [2.75, 3.05) is 6.61 Å².